The van der Waals surface area contributed by atoms with Crippen LogP contribution in [0.1, 0.15) is 66.8 Å². The van der Waals surface area contributed by atoms with E-state index in [0.717, 1.165) is 21.4 Å². The van der Waals surface area contributed by atoms with Crippen molar-refractivity contribution in [3.8, 4) is 11.4 Å². The minimum Gasteiger partial charge on any atom is -0.465 e. The average molecular weight is 441 g/mol. The molecule has 1 fully saturated rings. The average Bonchev–Trinajstić information content (AvgIpc) is 3.06. The maximum absolute atomic E-state index is 12.0. The van der Waals surface area contributed by atoms with E-state index in [9.17, 15) is 4.79 Å². The Balaban J connectivity index is 1.89. The van der Waals surface area contributed by atoms with Gasteiger partial charge in [0, 0.05) is 21.6 Å². The molecule has 0 bridgehead atoms. The van der Waals surface area contributed by atoms with Crippen LogP contribution < -0.4 is 0 Å². The van der Waals surface area contributed by atoms with E-state index in [0.29, 0.717) is 11.5 Å². The molecular weight excluding hydrogens is 416 g/mol. The predicted octanol–water partition coefficient (Wildman–Crippen LogP) is 6.61. The van der Waals surface area contributed by atoms with Gasteiger partial charge in [-0.15, -0.1) is 0 Å². The lowest BCUT2D eigenvalue weighted by Crippen LogP contribution is -2.04. The number of aromatic amines is 1. The van der Waals surface area contributed by atoms with Crippen LogP contribution >= 0.6 is 15.9 Å². The molecular formula is C23H25BrN2O2. The number of hydrogen-bond donors (Lipinski definition) is 1. The van der Waals surface area contributed by atoms with Crippen LogP contribution in [-0.4, -0.2) is 23.0 Å². The molecule has 1 N–H and O–H groups in total. The first-order chi connectivity index (χ1) is 13.7. The van der Waals surface area contributed by atoms with Gasteiger partial charge in [0.15, 0.2) is 0 Å². The van der Waals surface area contributed by atoms with Gasteiger partial charge in [0.2, 0.25) is 0 Å². The molecule has 2 aromatic heterocycles. The van der Waals surface area contributed by atoms with Crippen molar-refractivity contribution in [2.45, 2.75) is 50.9 Å². The monoisotopic (exact) mass is 440 g/mol. The summed E-state index contributed by atoms with van der Waals surface area (Å²) in [7, 11) is 1.41. The van der Waals surface area contributed by atoms with Gasteiger partial charge >= 0.3 is 5.97 Å². The molecule has 2 heterocycles. The molecule has 1 aliphatic carbocycles. The summed E-state index contributed by atoms with van der Waals surface area (Å²) in [5.41, 5.74) is 4.86. The van der Waals surface area contributed by atoms with Crippen LogP contribution in [0.3, 0.4) is 0 Å². The largest absolute Gasteiger partial charge is 0.465 e. The minimum absolute atomic E-state index is 0.315. The predicted molar refractivity (Wildman–Crippen MR) is 116 cm³/mol. The van der Waals surface area contributed by atoms with E-state index >= 15 is 0 Å². The number of H-pyrrole nitrogens is 1. The van der Waals surface area contributed by atoms with Crippen LogP contribution in [0.5, 0.6) is 0 Å². The number of benzene rings is 1. The third-order valence-electron chi connectivity index (χ3n) is 5.77. The highest BCUT2D eigenvalue weighted by atomic mass is 79.9. The molecule has 0 atom stereocenters. The van der Waals surface area contributed by atoms with Crippen molar-refractivity contribution in [2.75, 3.05) is 7.11 Å². The van der Waals surface area contributed by atoms with E-state index < -0.39 is 0 Å². The molecule has 0 radical (unpaired) electrons. The molecule has 3 aromatic rings. The molecule has 0 unspecified atom stereocenters. The van der Waals surface area contributed by atoms with Gasteiger partial charge in [-0.3, -0.25) is 4.98 Å². The Bertz CT molecular complexity index is 987. The van der Waals surface area contributed by atoms with Crippen molar-refractivity contribution in [1.82, 2.24) is 9.97 Å². The summed E-state index contributed by atoms with van der Waals surface area (Å²) >= 11 is 3.67. The van der Waals surface area contributed by atoms with Gasteiger partial charge in [-0.25, -0.2) is 4.79 Å². The standard InChI is InChI=1S/C23H25BrN2O2/c1-28-23(27)16-11-12-17-19(14-16)26-22(21-18(24)10-7-13-25-21)20(17)15-8-5-3-2-4-6-9-15/h7,10-15,26H,2-6,8-9H2,1H3. The molecule has 28 heavy (non-hydrogen) atoms. The number of carbonyl (C=O) groups excluding carboxylic acids is 1. The zero-order valence-electron chi connectivity index (χ0n) is 16.1. The molecule has 1 saturated carbocycles. The number of rotatable bonds is 3. The topological polar surface area (TPSA) is 55.0 Å². The number of carbonyl (C=O) groups is 1. The third kappa shape index (κ3) is 3.72. The fraction of sp³-hybridized carbons (Fsp3) is 0.391. The zero-order chi connectivity index (χ0) is 19.5. The summed E-state index contributed by atoms with van der Waals surface area (Å²) in [5, 5.41) is 1.19. The second-order valence-electron chi connectivity index (χ2n) is 7.54. The number of nitrogens with zero attached hydrogens (tertiary/aromatic N) is 1. The van der Waals surface area contributed by atoms with Gasteiger partial charge in [-0.1, -0.05) is 38.2 Å². The number of aromatic nitrogens is 2. The van der Waals surface area contributed by atoms with E-state index in [-0.39, 0.29) is 5.97 Å². The summed E-state index contributed by atoms with van der Waals surface area (Å²) < 4.78 is 5.87. The molecule has 0 aliphatic heterocycles. The normalized spacial score (nSPS) is 15.9. The minimum atomic E-state index is -0.315. The van der Waals surface area contributed by atoms with Gasteiger partial charge in [0.25, 0.3) is 0 Å². The number of methoxy groups -OCH3 is 1. The Labute approximate surface area is 173 Å². The van der Waals surface area contributed by atoms with Crippen molar-refractivity contribution < 1.29 is 9.53 Å². The number of fused-ring (bicyclic) bond motifs is 1. The van der Waals surface area contributed by atoms with Crippen LogP contribution in [0.2, 0.25) is 0 Å². The second kappa shape index (κ2) is 8.48. The van der Waals surface area contributed by atoms with Crippen LogP contribution in [0.15, 0.2) is 41.0 Å². The Morgan fingerprint density at radius 3 is 2.61 bits per heavy atom. The highest BCUT2D eigenvalue weighted by molar-refractivity contribution is 9.10. The summed E-state index contributed by atoms with van der Waals surface area (Å²) in [6.45, 7) is 0. The summed E-state index contributed by atoms with van der Waals surface area (Å²) in [4.78, 5) is 20.2. The highest BCUT2D eigenvalue weighted by Gasteiger charge is 2.24. The maximum Gasteiger partial charge on any atom is 0.337 e. The van der Waals surface area contributed by atoms with Crippen LogP contribution in [-0.2, 0) is 4.74 Å². The molecule has 0 spiro atoms. The molecule has 146 valence electrons. The smallest absolute Gasteiger partial charge is 0.337 e. The van der Waals surface area contributed by atoms with Crippen molar-refractivity contribution in [2.24, 2.45) is 0 Å². The van der Waals surface area contributed by atoms with Gasteiger partial charge in [0.05, 0.1) is 18.4 Å². The first kappa shape index (κ1) is 19.2. The number of esters is 1. The van der Waals surface area contributed by atoms with E-state index in [1.807, 2.05) is 30.5 Å². The van der Waals surface area contributed by atoms with Crippen molar-refractivity contribution in [1.29, 1.82) is 0 Å². The summed E-state index contributed by atoms with van der Waals surface area (Å²) in [5.74, 6) is 0.187. The lowest BCUT2D eigenvalue weighted by molar-refractivity contribution is 0.0601. The van der Waals surface area contributed by atoms with E-state index in [1.165, 1.54) is 63.0 Å². The number of halogens is 1. The second-order valence-corrected chi connectivity index (χ2v) is 8.40. The van der Waals surface area contributed by atoms with Gasteiger partial charge < -0.3 is 9.72 Å². The van der Waals surface area contributed by atoms with E-state index in [2.05, 4.69) is 32.0 Å². The number of hydrogen-bond acceptors (Lipinski definition) is 3. The fourth-order valence-electron chi connectivity index (χ4n) is 4.39. The Morgan fingerprint density at radius 1 is 1.14 bits per heavy atom. The first-order valence-electron chi connectivity index (χ1n) is 10.0. The van der Waals surface area contributed by atoms with Crippen molar-refractivity contribution >= 4 is 32.8 Å². The summed E-state index contributed by atoms with van der Waals surface area (Å²) in [6, 6.07) is 9.78. The molecule has 4 nitrogen and oxygen atoms in total. The SMILES string of the molecule is COC(=O)c1ccc2c(C3CCCCCCC3)c(-c3ncccc3Br)[nH]c2c1. The van der Waals surface area contributed by atoms with Gasteiger partial charge in [-0.05, 0) is 64.5 Å². The summed E-state index contributed by atoms with van der Waals surface area (Å²) in [6.07, 6.45) is 10.7. The molecule has 4 rings (SSSR count). The Hall–Kier alpha value is -2.14. The maximum atomic E-state index is 12.0. The van der Waals surface area contributed by atoms with Crippen LogP contribution in [0.4, 0.5) is 0 Å². The Kier molecular flexibility index (Phi) is 5.81. The van der Waals surface area contributed by atoms with E-state index in [1.54, 1.807) is 0 Å². The van der Waals surface area contributed by atoms with Crippen LogP contribution in [0, 0.1) is 0 Å². The van der Waals surface area contributed by atoms with Crippen molar-refractivity contribution in [3.63, 3.8) is 0 Å². The van der Waals surface area contributed by atoms with E-state index in [4.69, 9.17) is 4.74 Å². The van der Waals surface area contributed by atoms with Crippen LogP contribution in [0.25, 0.3) is 22.3 Å². The fourth-order valence-corrected chi connectivity index (χ4v) is 4.84. The van der Waals surface area contributed by atoms with Gasteiger partial charge in [-0.2, -0.15) is 0 Å². The lowest BCUT2D eigenvalue weighted by atomic mass is 9.84. The quantitative estimate of drug-likeness (QED) is 0.466. The molecule has 1 aliphatic rings. The first-order valence-corrected chi connectivity index (χ1v) is 10.8. The highest BCUT2D eigenvalue weighted by Crippen LogP contribution is 2.42. The number of ether oxygens (including phenoxy) is 1. The third-order valence-corrected chi connectivity index (χ3v) is 6.41. The molecule has 1 aromatic carbocycles. The molecule has 5 heteroatoms. The molecule has 0 amide bonds. The van der Waals surface area contributed by atoms with Gasteiger partial charge in [0.1, 0.15) is 5.69 Å². The zero-order valence-corrected chi connectivity index (χ0v) is 17.7. The number of nitrogens with one attached hydrogen (secondary N) is 1. The Morgan fingerprint density at radius 2 is 1.89 bits per heavy atom. The lowest BCUT2D eigenvalue weighted by Gasteiger charge is -2.21. The molecule has 0 saturated heterocycles. The number of pyridine rings is 1. The van der Waals surface area contributed by atoms with Crippen molar-refractivity contribution in [3.05, 3.63) is 52.1 Å².